The molecule has 11 heavy (non-hydrogen) atoms. The van der Waals surface area contributed by atoms with Crippen molar-refractivity contribution in [3.8, 4) is 5.75 Å². The van der Waals surface area contributed by atoms with Crippen LogP contribution >= 0.6 is 11.6 Å². The van der Waals surface area contributed by atoms with Crippen LogP contribution in [0.5, 0.6) is 5.75 Å². The largest absolute Gasteiger partial charge is 0.494 e. The van der Waals surface area contributed by atoms with Crippen molar-refractivity contribution in [2.75, 3.05) is 12.8 Å². The van der Waals surface area contributed by atoms with E-state index in [0.717, 1.165) is 0 Å². The highest BCUT2D eigenvalue weighted by atomic mass is 35.5. The number of halogens is 2. The average molecular weight is 176 g/mol. The predicted molar refractivity (Wildman–Crippen MR) is 42.4 cm³/mol. The molecule has 4 heteroatoms. The zero-order chi connectivity index (χ0) is 8.43. The van der Waals surface area contributed by atoms with Crippen LogP contribution in [0.1, 0.15) is 0 Å². The van der Waals surface area contributed by atoms with Crippen molar-refractivity contribution < 1.29 is 9.13 Å². The summed E-state index contributed by atoms with van der Waals surface area (Å²) in [5.74, 6) is -0.515. The first kappa shape index (κ1) is 8.14. The van der Waals surface area contributed by atoms with E-state index in [4.69, 9.17) is 17.3 Å². The molecule has 0 bridgehead atoms. The Labute approximate surface area is 68.7 Å². The Morgan fingerprint density at radius 1 is 1.55 bits per heavy atom. The van der Waals surface area contributed by atoms with E-state index in [-0.39, 0.29) is 16.5 Å². The highest BCUT2D eigenvalue weighted by Crippen LogP contribution is 2.29. The maximum Gasteiger partial charge on any atom is 0.185 e. The van der Waals surface area contributed by atoms with E-state index < -0.39 is 5.82 Å². The molecular weight excluding hydrogens is 169 g/mol. The lowest BCUT2D eigenvalue weighted by Gasteiger charge is -2.03. The van der Waals surface area contributed by atoms with Crippen molar-refractivity contribution in [1.29, 1.82) is 0 Å². The molecule has 0 unspecified atom stereocenters. The molecule has 2 nitrogen and oxygen atoms in total. The summed E-state index contributed by atoms with van der Waals surface area (Å²) < 4.78 is 17.6. The summed E-state index contributed by atoms with van der Waals surface area (Å²) in [7, 11) is 1.37. The van der Waals surface area contributed by atoms with E-state index in [1.807, 2.05) is 0 Å². The van der Waals surface area contributed by atoms with Crippen LogP contribution < -0.4 is 10.5 Å². The number of ether oxygens (including phenoxy) is 1. The highest BCUT2D eigenvalue weighted by Gasteiger charge is 2.08. The normalized spacial score (nSPS) is 9.73. The smallest absolute Gasteiger partial charge is 0.185 e. The van der Waals surface area contributed by atoms with Gasteiger partial charge in [-0.2, -0.15) is 0 Å². The molecule has 0 aliphatic rings. The second-order valence-electron chi connectivity index (χ2n) is 1.99. The zero-order valence-corrected chi connectivity index (χ0v) is 6.65. The minimum atomic E-state index is -0.617. The maximum atomic E-state index is 12.9. The van der Waals surface area contributed by atoms with Crippen molar-refractivity contribution in [2.45, 2.75) is 0 Å². The SMILES string of the molecule is COc1ccc(N)c(Cl)c1F. The Balaban J connectivity index is 3.25. The van der Waals surface area contributed by atoms with Crippen LogP contribution in [0.15, 0.2) is 12.1 Å². The molecule has 0 aromatic heterocycles. The first-order valence-corrected chi connectivity index (χ1v) is 3.32. The summed E-state index contributed by atoms with van der Waals surface area (Å²) in [6.07, 6.45) is 0. The maximum absolute atomic E-state index is 12.9. The van der Waals surface area contributed by atoms with E-state index in [0.29, 0.717) is 0 Å². The monoisotopic (exact) mass is 175 g/mol. The molecule has 0 spiro atoms. The van der Waals surface area contributed by atoms with Gasteiger partial charge in [0.15, 0.2) is 11.6 Å². The molecule has 0 fully saturated rings. The molecule has 1 aromatic carbocycles. The van der Waals surface area contributed by atoms with Gasteiger partial charge in [0.2, 0.25) is 0 Å². The molecule has 0 radical (unpaired) electrons. The molecule has 0 aliphatic heterocycles. The van der Waals surface area contributed by atoms with Crippen LogP contribution in [0, 0.1) is 5.82 Å². The lowest BCUT2D eigenvalue weighted by molar-refractivity contribution is 0.387. The van der Waals surface area contributed by atoms with Gasteiger partial charge >= 0.3 is 0 Å². The summed E-state index contributed by atoms with van der Waals surface area (Å²) in [6.45, 7) is 0. The van der Waals surface area contributed by atoms with Crippen molar-refractivity contribution in [3.63, 3.8) is 0 Å². The first-order valence-electron chi connectivity index (χ1n) is 2.94. The Kier molecular flexibility index (Phi) is 2.19. The van der Waals surface area contributed by atoms with Crippen molar-refractivity contribution in [1.82, 2.24) is 0 Å². The van der Waals surface area contributed by atoms with E-state index in [1.54, 1.807) is 0 Å². The number of hydrogen-bond acceptors (Lipinski definition) is 2. The van der Waals surface area contributed by atoms with Crippen molar-refractivity contribution in [3.05, 3.63) is 23.0 Å². The van der Waals surface area contributed by atoms with Crippen LogP contribution in [0.4, 0.5) is 10.1 Å². The van der Waals surface area contributed by atoms with Crippen LogP contribution in [-0.2, 0) is 0 Å². The van der Waals surface area contributed by atoms with Crippen molar-refractivity contribution in [2.24, 2.45) is 0 Å². The molecule has 0 heterocycles. The van der Waals surface area contributed by atoms with E-state index >= 15 is 0 Å². The molecule has 1 rings (SSSR count). The minimum absolute atomic E-state index is 0.0932. The fourth-order valence-electron chi connectivity index (χ4n) is 0.704. The van der Waals surface area contributed by atoms with Crippen molar-refractivity contribution >= 4 is 17.3 Å². The standard InChI is InChI=1S/C7H7ClFNO/c1-11-5-3-2-4(10)6(8)7(5)9/h2-3H,10H2,1H3. The van der Waals surface area contributed by atoms with Gasteiger partial charge in [0, 0.05) is 0 Å². The number of methoxy groups -OCH3 is 1. The summed E-state index contributed by atoms with van der Waals surface area (Å²) in [5, 5.41) is -0.0932. The number of benzene rings is 1. The molecule has 0 saturated heterocycles. The zero-order valence-electron chi connectivity index (χ0n) is 5.90. The average Bonchev–Trinajstić information content (AvgIpc) is 2.01. The first-order chi connectivity index (χ1) is 5.16. The molecule has 2 N–H and O–H groups in total. The second-order valence-corrected chi connectivity index (χ2v) is 2.36. The van der Waals surface area contributed by atoms with Gasteiger partial charge in [-0.15, -0.1) is 0 Å². The topological polar surface area (TPSA) is 35.2 Å². The molecule has 0 amide bonds. The molecule has 0 atom stereocenters. The third kappa shape index (κ3) is 1.38. The molecule has 60 valence electrons. The molecule has 0 saturated carbocycles. The third-order valence-electron chi connectivity index (χ3n) is 1.30. The lowest BCUT2D eigenvalue weighted by atomic mass is 10.3. The van der Waals surface area contributed by atoms with E-state index in [2.05, 4.69) is 4.74 Å². The van der Waals surface area contributed by atoms with Gasteiger partial charge < -0.3 is 10.5 Å². The Hall–Kier alpha value is -0.960. The lowest BCUT2D eigenvalue weighted by Crippen LogP contribution is -1.93. The molecule has 0 aliphatic carbocycles. The van der Waals surface area contributed by atoms with Crippen LogP contribution in [0.2, 0.25) is 5.02 Å². The minimum Gasteiger partial charge on any atom is -0.494 e. The fraction of sp³-hybridized carbons (Fsp3) is 0.143. The van der Waals surface area contributed by atoms with Crippen LogP contribution in [0.3, 0.4) is 0 Å². The number of nitrogen functional groups attached to an aromatic ring is 1. The van der Waals surface area contributed by atoms with E-state index in [9.17, 15) is 4.39 Å². The number of hydrogen-bond donors (Lipinski definition) is 1. The van der Waals surface area contributed by atoms with Gasteiger partial charge in [-0.3, -0.25) is 0 Å². The van der Waals surface area contributed by atoms with E-state index in [1.165, 1.54) is 19.2 Å². The van der Waals surface area contributed by atoms with Crippen LogP contribution in [-0.4, -0.2) is 7.11 Å². The van der Waals surface area contributed by atoms with Gasteiger partial charge in [-0.25, -0.2) is 4.39 Å². The third-order valence-corrected chi connectivity index (χ3v) is 1.68. The molecule has 1 aromatic rings. The quantitative estimate of drug-likeness (QED) is 0.664. The fourth-order valence-corrected chi connectivity index (χ4v) is 0.860. The summed E-state index contributed by atoms with van der Waals surface area (Å²) in [6, 6.07) is 2.92. The number of rotatable bonds is 1. The van der Waals surface area contributed by atoms with Gasteiger partial charge in [-0.1, -0.05) is 11.6 Å². The number of anilines is 1. The Morgan fingerprint density at radius 3 is 2.73 bits per heavy atom. The van der Waals surface area contributed by atoms with Gasteiger partial charge in [0.05, 0.1) is 12.8 Å². The van der Waals surface area contributed by atoms with Gasteiger partial charge in [-0.05, 0) is 12.1 Å². The Bertz CT molecular complexity index is 277. The summed E-state index contributed by atoms with van der Waals surface area (Å²) in [5.41, 5.74) is 5.53. The number of nitrogens with two attached hydrogens (primary N) is 1. The van der Waals surface area contributed by atoms with Gasteiger partial charge in [0.1, 0.15) is 5.02 Å². The summed E-state index contributed by atoms with van der Waals surface area (Å²) in [4.78, 5) is 0. The highest BCUT2D eigenvalue weighted by molar-refractivity contribution is 6.33. The van der Waals surface area contributed by atoms with Gasteiger partial charge in [0.25, 0.3) is 0 Å². The second kappa shape index (κ2) is 2.96. The predicted octanol–water partition coefficient (Wildman–Crippen LogP) is 2.07. The summed E-state index contributed by atoms with van der Waals surface area (Å²) >= 11 is 5.48. The van der Waals surface area contributed by atoms with Crippen LogP contribution in [0.25, 0.3) is 0 Å². The Morgan fingerprint density at radius 2 is 2.18 bits per heavy atom. The molecular formula is C7H7ClFNO.